The molecule has 5 aromatic rings. The second-order valence-electron chi connectivity index (χ2n) is 10.5. The number of carbonyl (C=O) groups is 2. The van der Waals surface area contributed by atoms with Gasteiger partial charge in [0.15, 0.2) is 5.76 Å². The third-order valence-corrected chi connectivity index (χ3v) is 7.30. The first-order valence-corrected chi connectivity index (χ1v) is 14.0. The first-order valence-electron chi connectivity index (χ1n) is 14.0. The van der Waals surface area contributed by atoms with E-state index in [0.717, 1.165) is 44.7 Å². The zero-order valence-corrected chi connectivity index (χ0v) is 29.6. The summed E-state index contributed by atoms with van der Waals surface area (Å²) in [6.07, 6.45) is 1.74. The van der Waals surface area contributed by atoms with E-state index in [-0.39, 0.29) is 65.5 Å². The van der Waals surface area contributed by atoms with Gasteiger partial charge in [-0.05, 0) is 61.7 Å². The summed E-state index contributed by atoms with van der Waals surface area (Å²) >= 11 is 0. The number of aryl methyl sites for hydroxylation is 2. The van der Waals surface area contributed by atoms with Crippen LogP contribution < -0.4 is 74.1 Å². The number of hydrogen-bond acceptors (Lipinski definition) is 7. The van der Waals surface area contributed by atoms with Crippen LogP contribution in [-0.4, -0.2) is 23.5 Å². The van der Waals surface area contributed by atoms with Gasteiger partial charge in [-0.15, -0.1) is 0 Å². The van der Waals surface area contributed by atoms with Gasteiger partial charge in [0.25, 0.3) is 0 Å². The van der Waals surface area contributed by atoms with Crippen LogP contribution in [0.2, 0.25) is 0 Å². The van der Waals surface area contributed by atoms with Crippen LogP contribution in [0.4, 0.5) is 0 Å². The number of carbonyl (C=O) groups excluding carboxylic acids is 2. The van der Waals surface area contributed by atoms with Crippen LogP contribution in [0, 0.1) is 19.8 Å². The van der Waals surface area contributed by atoms with E-state index in [4.69, 9.17) is 14.1 Å². The van der Waals surface area contributed by atoms with Crippen LogP contribution in [0.3, 0.4) is 0 Å². The molecule has 1 heterocycles. The van der Waals surface area contributed by atoms with E-state index in [1.807, 2.05) is 36.4 Å². The molecule has 0 radical (unpaired) electrons. The molecule has 0 saturated carbocycles. The number of benzene rings is 4. The van der Waals surface area contributed by atoms with E-state index < -0.39 is 17.9 Å². The van der Waals surface area contributed by atoms with Crippen molar-refractivity contribution in [2.75, 3.05) is 6.61 Å². The molecule has 0 N–H and O–H groups in total. The number of fused-ring (bicyclic) bond motifs is 1. The zero-order chi connectivity index (χ0) is 29.6. The van der Waals surface area contributed by atoms with Crippen molar-refractivity contribution in [3.05, 3.63) is 96.1 Å². The second kappa shape index (κ2) is 16.4. The molecule has 7 nitrogen and oxygen atoms in total. The van der Waals surface area contributed by atoms with Gasteiger partial charge in [-0.2, -0.15) is 0 Å². The Labute approximate surface area is 301 Å². The van der Waals surface area contributed by atoms with Gasteiger partial charge < -0.3 is 29.0 Å². The van der Waals surface area contributed by atoms with Gasteiger partial charge in [-0.3, -0.25) is 0 Å². The molecule has 0 aliphatic rings. The molecule has 0 amide bonds. The summed E-state index contributed by atoms with van der Waals surface area (Å²) in [5.74, 6) is -2.79. The molecule has 0 unspecified atom stereocenters. The summed E-state index contributed by atoms with van der Waals surface area (Å²) in [4.78, 5) is 26.6. The van der Waals surface area contributed by atoms with Crippen molar-refractivity contribution in [3.8, 4) is 39.8 Å². The van der Waals surface area contributed by atoms with E-state index in [0.29, 0.717) is 31.8 Å². The van der Waals surface area contributed by atoms with Gasteiger partial charge in [0.05, 0.1) is 18.5 Å². The van der Waals surface area contributed by atoms with E-state index in [1.54, 1.807) is 0 Å². The number of oxazole rings is 1. The number of aromatic nitrogens is 1. The van der Waals surface area contributed by atoms with Crippen LogP contribution in [0.5, 0.6) is 5.75 Å². The van der Waals surface area contributed by atoms with Gasteiger partial charge in [0.2, 0.25) is 5.89 Å². The molecule has 0 spiro atoms. The Bertz CT molecular complexity index is 1640. The third kappa shape index (κ3) is 8.84. The fourth-order valence-electron chi connectivity index (χ4n) is 4.85. The van der Waals surface area contributed by atoms with Crippen molar-refractivity contribution < 1.29 is 88.1 Å². The summed E-state index contributed by atoms with van der Waals surface area (Å²) < 4.78 is 12.3. The van der Waals surface area contributed by atoms with Gasteiger partial charge in [0, 0.05) is 22.6 Å². The van der Waals surface area contributed by atoms with Crippen molar-refractivity contribution in [2.45, 2.75) is 39.5 Å². The molecule has 214 valence electrons. The molecule has 1 aromatic heterocycles. The number of hydrogen-bond donors (Lipinski definition) is 0. The molecule has 0 fully saturated rings. The predicted molar refractivity (Wildman–Crippen MR) is 157 cm³/mol. The number of unbranched alkanes of at least 4 members (excludes halogenated alkanes) is 2. The Morgan fingerprint density at radius 1 is 0.727 bits per heavy atom. The van der Waals surface area contributed by atoms with Crippen LogP contribution in [-0.2, 0) is 9.59 Å². The van der Waals surface area contributed by atoms with Gasteiger partial charge >= 0.3 is 59.1 Å². The fraction of sp³-hybridized carbons (Fsp3) is 0.229. The van der Waals surface area contributed by atoms with Crippen LogP contribution >= 0.6 is 0 Å². The normalized spacial score (nSPS) is 10.7. The number of carboxylic acid groups (broad SMARTS) is 2. The fourth-order valence-corrected chi connectivity index (χ4v) is 4.85. The van der Waals surface area contributed by atoms with Crippen molar-refractivity contribution in [1.82, 2.24) is 4.98 Å². The molecule has 0 bridgehead atoms. The average Bonchev–Trinajstić information content (AvgIpc) is 3.42. The first kappa shape index (κ1) is 35.6. The van der Waals surface area contributed by atoms with E-state index in [9.17, 15) is 19.8 Å². The van der Waals surface area contributed by atoms with Gasteiger partial charge in [-0.1, -0.05) is 84.6 Å². The van der Waals surface area contributed by atoms with Crippen LogP contribution in [0.15, 0.2) is 89.3 Å². The minimum atomic E-state index is -1.60. The zero-order valence-electron chi connectivity index (χ0n) is 25.6. The minimum absolute atomic E-state index is 0. The van der Waals surface area contributed by atoms with Crippen molar-refractivity contribution in [3.63, 3.8) is 0 Å². The molecule has 9 heteroatoms. The smallest absolute Gasteiger partial charge is 0.549 e. The molecular formula is C35H31NNa2O6. The monoisotopic (exact) mass is 607 g/mol. The molecule has 0 aliphatic heterocycles. The number of ether oxygens (including phenoxy) is 1. The molecule has 0 aliphatic carbocycles. The second-order valence-corrected chi connectivity index (χ2v) is 10.5. The molecular weight excluding hydrogens is 576 g/mol. The minimum Gasteiger partial charge on any atom is -0.549 e. The van der Waals surface area contributed by atoms with E-state index >= 15 is 0 Å². The Morgan fingerprint density at radius 3 is 1.93 bits per heavy atom. The maximum absolute atomic E-state index is 10.8. The van der Waals surface area contributed by atoms with Crippen molar-refractivity contribution in [2.24, 2.45) is 5.92 Å². The molecule has 0 atom stereocenters. The quantitative estimate of drug-likeness (QED) is 0.107. The van der Waals surface area contributed by atoms with Gasteiger partial charge in [-0.25, -0.2) is 4.98 Å². The van der Waals surface area contributed by atoms with Crippen LogP contribution in [0.1, 0.15) is 36.8 Å². The number of rotatable bonds is 12. The molecule has 0 saturated heterocycles. The van der Waals surface area contributed by atoms with Gasteiger partial charge in [0.1, 0.15) is 11.4 Å². The topological polar surface area (TPSA) is 116 Å². The third-order valence-electron chi connectivity index (χ3n) is 7.30. The summed E-state index contributed by atoms with van der Waals surface area (Å²) in [5.41, 5.74) is 5.98. The predicted octanol–water partition coefficient (Wildman–Crippen LogP) is -0.491. The Kier molecular flexibility index (Phi) is 13.3. The summed E-state index contributed by atoms with van der Waals surface area (Å²) in [7, 11) is 0. The summed E-state index contributed by atoms with van der Waals surface area (Å²) in [6, 6.07) is 28.4. The number of aliphatic carboxylic acids is 2. The largest absolute Gasteiger partial charge is 1.00 e. The summed E-state index contributed by atoms with van der Waals surface area (Å²) in [5, 5.41) is 23.7. The molecule has 5 rings (SSSR count). The van der Waals surface area contributed by atoms with Crippen LogP contribution in [0.25, 0.3) is 44.8 Å². The maximum atomic E-state index is 10.8. The number of carboxylic acids is 2. The number of nitrogens with zero attached hydrogens (tertiary/aromatic N) is 1. The summed E-state index contributed by atoms with van der Waals surface area (Å²) in [6.45, 7) is 4.55. The van der Waals surface area contributed by atoms with E-state index in [2.05, 4.69) is 62.4 Å². The first-order chi connectivity index (χ1) is 20.3. The van der Waals surface area contributed by atoms with E-state index in [1.165, 1.54) is 11.1 Å². The molecule has 4 aromatic carbocycles. The Balaban J connectivity index is 0.00000264. The van der Waals surface area contributed by atoms with Crippen molar-refractivity contribution >= 4 is 22.7 Å². The standard InChI is InChI=1S/C35H33NO6.2Na/c1-22-7-11-24(12-8-22)31-32(25-13-9-23(2)10-14-25)42-33(36-31)28-16-15-27-21-29(18-17-26(27)20-28)41-19-5-3-4-6-30(34(37)38)35(39)40;;/h7-18,20-21,30H,3-6,19H2,1-2H3,(H,37,38)(H,39,40);;/q;2*+1/p-2. The Hall–Kier alpha value is -2.91. The van der Waals surface area contributed by atoms with Crippen molar-refractivity contribution in [1.29, 1.82) is 0 Å². The Morgan fingerprint density at radius 2 is 1.30 bits per heavy atom. The SMILES string of the molecule is Cc1ccc(-c2nc(-c3ccc4cc(OCCCCCC(C(=O)[O-])C(=O)[O-])ccc4c3)oc2-c2ccc(C)cc2)cc1.[Na+].[Na+]. The maximum Gasteiger partial charge on any atom is 1.00 e. The molecule has 44 heavy (non-hydrogen) atoms. The average molecular weight is 608 g/mol.